The zero-order valence-corrected chi connectivity index (χ0v) is 20.0. The van der Waals surface area contributed by atoms with Gasteiger partial charge in [-0.25, -0.2) is 14.4 Å². The molecule has 8 heteroatoms. The summed E-state index contributed by atoms with van der Waals surface area (Å²) < 4.78 is 15.3. The Morgan fingerprint density at radius 1 is 1.00 bits per heavy atom. The van der Waals surface area contributed by atoms with Gasteiger partial charge >= 0.3 is 0 Å². The number of aromatic nitrogens is 2. The number of carbonyl (C=O) groups is 1. The number of halogens is 1. The molecule has 2 N–H and O–H groups in total. The molecule has 0 aliphatic carbocycles. The van der Waals surface area contributed by atoms with E-state index in [1.54, 1.807) is 18.3 Å². The molecule has 0 atom stereocenters. The summed E-state index contributed by atoms with van der Waals surface area (Å²) in [5.74, 6) is -0.594. The number of para-hydroxylation sites is 1. The average Bonchev–Trinajstić information content (AvgIpc) is 2.90. The van der Waals surface area contributed by atoms with Crippen LogP contribution in [0.1, 0.15) is 0 Å². The second-order valence-corrected chi connectivity index (χ2v) is 8.76. The Hall–Kier alpha value is -4.30. The number of hydrogen-bond donors (Lipinski definition) is 2. The Balaban J connectivity index is 1.42. The predicted octanol–water partition coefficient (Wildman–Crippen LogP) is 5.06. The van der Waals surface area contributed by atoms with Crippen molar-refractivity contribution in [3.63, 3.8) is 0 Å². The van der Waals surface area contributed by atoms with Crippen LogP contribution in [-0.4, -0.2) is 54.0 Å². The van der Waals surface area contributed by atoms with Gasteiger partial charge in [0.25, 0.3) is 0 Å². The second-order valence-electron chi connectivity index (χ2n) is 8.76. The van der Waals surface area contributed by atoms with Gasteiger partial charge in [0.05, 0.1) is 11.2 Å². The van der Waals surface area contributed by atoms with Crippen LogP contribution in [0.3, 0.4) is 0 Å². The highest BCUT2D eigenvalue weighted by atomic mass is 19.1. The molecule has 1 aliphatic heterocycles. The molecule has 0 saturated carbocycles. The summed E-state index contributed by atoms with van der Waals surface area (Å²) >= 11 is 0. The van der Waals surface area contributed by atoms with Gasteiger partial charge in [0.1, 0.15) is 0 Å². The van der Waals surface area contributed by atoms with Gasteiger partial charge in [0.2, 0.25) is 11.9 Å². The molecule has 0 spiro atoms. The maximum atomic E-state index is 15.3. The Kier molecular flexibility index (Phi) is 6.60. The first kappa shape index (κ1) is 23.4. The molecule has 182 valence electrons. The van der Waals surface area contributed by atoms with Gasteiger partial charge in [0, 0.05) is 60.3 Å². The molecule has 0 bridgehead atoms. The number of piperazine rings is 1. The molecule has 1 fully saturated rings. The normalized spacial score (nSPS) is 14.0. The number of likely N-dealkylation sites (N-methyl/N-ethyl adjacent to an activating group) is 1. The summed E-state index contributed by atoms with van der Waals surface area (Å²) in [4.78, 5) is 25.6. The van der Waals surface area contributed by atoms with Crippen LogP contribution in [0.4, 0.5) is 27.4 Å². The molecule has 7 nitrogen and oxygen atoms in total. The van der Waals surface area contributed by atoms with Crippen molar-refractivity contribution in [3.8, 4) is 11.1 Å². The van der Waals surface area contributed by atoms with E-state index in [-0.39, 0.29) is 5.69 Å². The molecule has 3 aromatic carbocycles. The van der Waals surface area contributed by atoms with Gasteiger partial charge in [-0.2, -0.15) is 0 Å². The molecule has 4 aromatic rings. The Labute approximate surface area is 209 Å². The number of hydrogen-bond acceptors (Lipinski definition) is 6. The summed E-state index contributed by atoms with van der Waals surface area (Å²) in [6, 6.07) is 18.6. The maximum absolute atomic E-state index is 15.3. The number of nitrogens with zero attached hydrogens (tertiary/aromatic N) is 4. The second kappa shape index (κ2) is 10.1. The molecule has 1 aliphatic rings. The Morgan fingerprint density at radius 2 is 1.72 bits per heavy atom. The van der Waals surface area contributed by atoms with Gasteiger partial charge in [-0.05, 0) is 43.5 Å². The maximum Gasteiger partial charge on any atom is 0.247 e. The van der Waals surface area contributed by atoms with E-state index in [1.807, 2.05) is 30.3 Å². The Bertz CT molecular complexity index is 1410. The molecule has 5 rings (SSSR count). The molecule has 1 aromatic heterocycles. The zero-order valence-electron chi connectivity index (χ0n) is 20.0. The minimum absolute atomic E-state index is 0.0854. The van der Waals surface area contributed by atoms with Crippen molar-refractivity contribution in [3.05, 3.63) is 85.3 Å². The van der Waals surface area contributed by atoms with Crippen LogP contribution in [0.25, 0.3) is 22.0 Å². The number of rotatable bonds is 6. The predicted molar refractivity (Wildman–Crippen MR) is 143 cm³/mol. The van der Waals surface area contributed by atoms with E-state index in [0.29, 0.717) is 22.6 Å². The summed E-state index contributed by atoms with van der Waals surface area (Å²) in [7, 11) is 2.14. The van der Waals surface area contributed by atoms with Crippen molar-refractivity contribution in [1.29, 1.82) is 0 Å². The van der Waals surface area contributed by atoms with E-state index in [4.69, 9.17) is 4.98 Å². The summed E-state index contributed by atoms with van der Waals surface area (Å²) in [5, 5.41) is 6.55. The van der Waals surface area contributed by atoms with E-state index in [2.05, 4.69) is 51.2 Å². The first-order valence-corrected chi connectivity index (χ1v) is 11.8. The standard InChI is InChI=1S/C28H27FN6O/c1-3-25(36)32-24-9-5-7-22(26(24)29)23-8-4-6-19-18-30-28(33-27(19)23)31-20-10-12-21(13-11-20)35-16-14-34(2)15-17-35/h3-13,18H,1,14-17H2,2H3,(H,32,36)(H,30,31,33). The summed E-state index contributed by atoms with van der Waals surface area (Å²) in [6.45, 7) is 7.54. The minimum Gasteiger partial charge on any atom is -0.369 e. The lowest BCUT2D eigenvalue weighted by Gasteiger charge is -2.34. The largest absolute Gasteiger partial charge is 0.369 e. The first-order chi connectivity index (χ1) is 17.5. The fourth-order valence-corrected chi connectivity index (χ4v) is 4.30. The SMILES string of the molecule is C=CC(=O)Nc1cccc(-c2cccc3cnc(Nc4ccc(N5CCN(C)CC5)cc4)nc23)c1F. The van der Waals surface area contributed by atoms with Gasteiger partial charge < -0.3 is 20.4 Å². The zero-order chi connectivity index (χ0) is 25.1. The van der Waals surface area contributed by atoms with Crippen molar-refractivity contribution in [2.45, 2.75) is 0 Å². The van der Waals surface area contributed by atoms with Crippen molar-refractivity contribution < 1.29 is 9.18 Å². The summed E-state index contributed by atoms with van der Waals surface area (Å²) in [5.41, 5.74) is 3.69. The van der Waals surface area contributed by atoms with E-state index >= 15 is 4.39 Å². The van der Waals surface area contributed by atoms with Crippen molar-refractivity contribution >= 4 is 39.8 Å². The number of amides is 1. The van der Waals surface area contributed by atoms with E-state index in [1.165, 1.54) is 11.8 Å². The highest BCUT2D eigenvalue weighted by molar-refractivity contribution is 6.00. The van der Waals surface area contributed by atoms with Crippen LogP contribution in [0.5, 0.6) is 0 Å². The molecular formula is C28H27FN6O. The van der Waals surface area contributed by atoms with E-state index < -0.39 is 11.7 Å². The molecule has 1 saturated heterocycles. The van der Waals surface area contributed by atoms with E-state index in [0.717, 1.165) is 43.3 Å². The van der Waals surface area contributed by atoms with E-state index in [9.17, 15) is 4.79 Å². The van der Waals surface area contributed by atoms with Crippen LogP contribution in [0, 0.1) is 5.82 Å². The van der Waals surface area contributed by atoms with Crippen LogP contribution in [0.15, 0.2) is 79.5 Å². The third-order valence-electron chi connectivity index (χ3n) is 6.33. The molecule has 1 amide bonds. The molecule has 0 radical (unpaired) electrons. The molecule has 0 unspecified atom stereocenters. The molecule has 36 heavy (non-hydrogen) atoms. The average molecular weight is 483 g/mol. The van der Waals surface area contributed by atoms with Crippen molar-refractivity contribution in [1.82, 2.24) is 14.9 Å². The van der Waals surface area contributed by atoms with Gasteiger partial charge in [-0.15, -0.1) is 0 Å². The van der Waals surface area contributed by atoms with Crippen LogP contribution < -0.4 is 15.5 Å². The lowest BCUT2D eigenvalue weighted by atomic mass is 10.0. The fraction of sp³-hybridized carbons (Fsp3) is 0.179. The highest BCUT2D eigenvalue weighted by Crippen LogP contribution is 2.33. The quantitative estimate of drug-likeness (QED) is 0.375. The number of nitrogens with one attached hydrogen (secondary N) is 2. The van der Waals surface area contributed by atoms with Crippen LogP contribution in [0.2, 0.25) is 0 Å². The molecule has 2 heterocycles. The third-order valence-corrected chi connectivity index (χ3v) is 6.33. The van der Waals surface area contributed by atoms with Crippen LogP contribution in [-0.2, 0) is 4.79 Å². The minimum atomic E-state index is -0.534. The summed E-state index contributed by atoms with van der Waals surface area (Å²) in [6.07, 6.45) is 2.82. The van der Waals surface area contributed by atoms with Crippen LogP contribution >= 0.6 is 0 Å². The Morgan fingerprint density at radius 3 is 2.47 bits per heavy atom. The van der Waals surface area contributed by atoms with Crippen molar-refractivity contribution in [2.75, 3.05) is 48.8 Å². The third kappa shape index (κ3) is 4.89. The number of fused-ring (bicyclic) bond motifs is 1. The van der Waals surface area contributed by atoms with Gasteiger partial charge in [0.15, 0.2) is 5.82 Å². The number of anilines is 4. The van der Waals surface area contributed by atoms with Crippen molar-refractivity contribution in [2.24, 2.45) is 0 Å². The molecular weight excluding hydrogens is 455 g/mol. The highest BCUT2D eigenvalue weighted by Gasteiger charge is 2.16. The lowest BCUT2D eigenvalue weighted by Crippen LogP contribution is -2.44. The first-order valence-electron chi connectivity index (χ1n) is 11.8. The lowest BCUT2D eigenvalue weighted by molar-refractivity contribution is -0.111. The number of carbonyl (C=O) groups excluding carboxylic acids is 1. The monoisotopic (exact) mass is 482 g/mol. The topological polar surface area (TPSA) is 73.4 Å². The van der Waals surface area contributed by atoms with Gasteiger partial charge in [-0.1, -0.05) is 36.9 Å². The van der Waals surface area contributed by atoms with Gasteiger partial charge in [-0.3, -0.25) is 4.79 Å². The fourth-order valence-electron chi connectivity index (χ4n) is 4.30. The number of benzene rings is 3. The smallest absolute Gasteiger partial charge is 0.247 e.